The third kappa shape index (κ3) is 7.03. The summed E-state index contributed by atoms with van der Waals surface area (Å²) in [5.74, 6) is -0.550. The van der Waals surface area contributed by atoms with Crippen LogP contribution in [0.2, 0.25) is 0 Å². The van der Waals surface area contributed by atoms with Crippen molar-refractivity contribution in [2.45, 2.75) is 13.8 Å². The Morgan fingerprint density at radius 3 is 2.38 bits per heavy atom. The van der Waals surface area contributed by atoms with Crippen LogP contribution in [0.3, 0.4) is 0 Å². The van der Waals surface area contributed by atoms with Crippen molar-refractivity contribution in [2.75, 3.05) is 5.33 Å². The van der Waals surface area contributed by atoms with E-state index in [2.05, 4.69) is 21.0 Å². The molecular weight excluding hydrogens is 400 g/mol. The van der Waals surface area contributed by atoms with Gasteiger partial charge in [0.1, 0.15) is 17.1 Å². The molecule has 136 valence electrons. The third-order valence-electron chi connectivity index (χ3n) is 2.50. The van der Waals surface area contributed by atoms with E-state index in [-0.39, 0.29) is 64.3 Å². The summed E-state index contributed by atoms with van der Waals surface area (Å²) in [6.07, 6.45) is 0.238. The van der Waals surface area contributed by atoms with Crippen molar-refractivity contribution in [2.24, 2.45) is 0 Å². The van der Waals surface area contributed by atoms with Crippen LogP contribution in [-0.4, -0.2) is 29.7 Å². The number of phenolic OH excluding ortho intramolecular Hbond substituents is 1. The van der Waals surface area contributed by atoms with Crippen LogP contribution >= 0.6 is 15.9 Å². The van der Waals surface area contributed by atoms with Gasteiger partial charge in [-0.3, -0.25) is 14.4 Å². The highest BCUT2D eigenvalue weighted by atomic mass is 79.9. The lowest BCUT2D eigenvalue weighted by atomic mass is 10.2. The molecule has 0 aliphatic rings. The number of carbonyl (C=O) groups excluding carboxylic acids is 3. The summed E-state index contributed by atoms with van der Waals surface area (Å²) in [5, 5.41) is 4.70. The number of rotatable bonds is 4. The maximum absolute atomic E-state index is 11.1. The number of ketones is 2. The van der Waals surface area contributed by atoms with Gasteiger partial charge in [-0.25, -0.2) is 0 Å². The van der Waals surface area contributed by atoms with Crippen LogP contribution in [0, 0.1) is 0 Å². The number of hydrogen-bond acceptors (Lipinski definition) is 5. The van der Waals surface area contributed by atoms with Gasteiger partial charge in [-0.05, 0) is 31.1 Å². The van der Waals surface area contributed by atoms with Crippen LogP contribution in [0.15, 0.2) is 58.8 Å². The smallest absolute Gasteiger partial charge is 0.293 e. The molecule has 5 nitrogen and oxygen atoms in total. The predicted molar refractivity (Wildman–Crippen MR) is 104 cm³/mol. The van der Waals surface area contributed by atoms with Crippen LogP contribution in [0.25, 0.3) is 11.0 Å². The summed E-state index contributed by atoms with van der Waals surface area (Å²) in [5.41, 5.74) is -0.317. The van der Waals surface area contributed by atoms with E-state index in [0.29, 0.717) is 5.33 Å². The number of phenols is 1. The highest BCUT2D eigenvalue weighted by Gasteiger charge is 2.05. The molecule has 1 heterocycles. The zero-order valence-electron chi connectivity index (χ0n) is 22.8. The van der Waals surface area contributed by atoms with Crippen molar-refractivity contribution < 1.29 is 34.9 Å². The molecule has 2 aromatic carbocycles. The Morgan fingerprint density at radius 1 is 1.19 bits per heavy atom. The average molecular weight is 428 g/mol. The number of halogens is 1. The first-order chi connectivity index (χ1) is 16.2. The molecule has 0 bridgehead atoms. The van der Waals surface area contributed by atoms with Gasteiger partial charge >= 0.3 is 0 Å². The van der Waals surface area contributed by atoms with Crippen LogP contribution in [-0.2, 0) is 4.79 Å². The zero-order chi connectivity index (χ0) is 27.2. The molecule has 26 heavy (non-hydrogen) atoms. The molecule has 0 aliphatic carbocycles. The second-order valence-corrected chi connectivity index (χ2v) is 5.17. The zero-order valence-corrected chi connectivity index (χ0v) is 15.4. The van der Waals surface area contributed by atoms with Crippen LogP contribution < -0.4 is 0 Å². The number of hydrogen-bond donors (Lipinski definition) is 1. The topological polar surface area (TPSA) is 84.6 Å². The van der Waals surface area contributed by atoms with Crippen LogP contribution in [0.1, 0.15) is 45.7 Å². The van der Waals surface area contributed by atoms with Gasteiger partial charge in [0.05, 0.1) is 21.9 Å². The fourth-order valence-electron chi connectivity index (χ4n) is 1.33. The molecule has 0 aliphatic heterocycles. The van der Waals surface area contributed by atoms with Crippen LogP contribution in [0.4, 0.5) is 0 Å². The highest BCUT2D eigenvalue weighted by molar-refractivity contribution is 9.09. The fraction of sp³-hybridized carbons (Fsp3) is 0.150. The van der Waals surface area contributed by atoms with E-state index in [0.717, 1.165) is 0 Å². The molecule has 6 heteroatoms. The summed E-state index contributed by atoms with van der Waals surface area (Å²) >= 11 is 2.96. The normalized spacial score (nSPS) is 14.0. The predicted octanol–water partition coefficient (Wildman–Crippen LogP) is 4.81. The van der Waals surface area contributed by atoms with Gasteiger partial charge in [0.15, 0.2) is 17.8 Å². The number of aldehydes is 1. The summed E-state index contributed by atoms with van der Waals surface area (Å²) in [6, 6.07) is -1.85. The monoisotopic (exact) mass is 427 g/mol. The van der Waals surface area contributed by atoms with Crippen molar-refractivity contribution in [1.29, 1.82) is 1.43 Å². The number of alkyl halides is 1. The molecule has 0 saturated heterocycles. The summed E-state index contributed by atoms with van der Waals surface area (Å²) in [6.45, 7) is 2.85. The number of fused-ring (bicyclic) bond motifs is 1. The van der Waals surface area contributed by atoms with E-state index in [1.807, 2.05) is 0 Å². The highest BCUT2D eigenvalue weighted by Crippen LogP contribution is 2.18. The van der Waals surface area contributed by atoms with Gasteiger partial charge in [0.25, 0.3) is 1.43 Å². The van der Waals surface area contributed by atoms with E-state index in [1.54, 1.807) is 0 Å². The molecule has 1 N–H and O–H groups in total. The Morgan fingerprint density at radius 2 is 1.81 bits per heavy atom. The van der Waals surface area contributed by atoms with Crippen molar-refractivity contribution in [1.82, 2.24) is 0 Å². The Balaban J connectivity index is 0.000000297. The number of benzene rings is 2. The average Bonchev–Trinajstić information content (AvgIpc) is 3.29. The molecule has 0 amide bonds. The summed E-state index contributed by atoms with van der Waals surface area (Å²) in [4.78, 5) is 31.4. The van der Waals surface area contributed by atoms with Gasteiger partial charge in [-0.1, -0.05) is 46.1 Å². The second-order valence-electron chi connectivity index (χ2n) is 4.61. The number of Topliss-reactive ketones (excluding diaryl/α,β-unsaturated/α-hetero) is 2. The minimum Gasteiger partial charge on any atom is -0.507 e. The molecule has 0 unspecified atom stereocenters. The standard InChI is InChI=1S/C10H8O2.C7H6O2.C3H5BrO/c1-7(11)10-6-8-4-2-3-5-9(8)12-10;8-5-6-3-1-2-4-7(6)9;1-3(5)2-4/h2-6H,1H3;1-5,9H;2H2,1H3/i2D,3D,4D,5D;1D,2D,3D,4D;/hD. The molecule has 3 aromatic rings. The summed E-state index contributed by atoms with van der Waals surface area (Å²) in [7, 11) is 0. The molecule has 0 saturated carbocycles. The molecular formula is C20H19BrO5. The number of para-hydroxylation sites is 2. The van der Waals surface area contributed by atoms with E-state index >= 15 is 0 Å². The Kier molecular flexibility index (Phi) is 4.69. The van der Waals surface area contributed by atoms with Crippen molar-refractivity contribution in [3.05, 3.63) is 65.7 Å². The van der Waals surface area contributed by atoms with Gasteiger partial charge in [0.2, 0.25) is 0 Å². The molecule has 3 rings (SSSR count). The summed E-state index contributed by atoms with van der Waals surface area (Å²) < 4.78 is 70.8. The Bertz CT molecular complexity index is 1250. The maximum Gasteiger partial charge on any atom is 0.293 e. The molecule has 1 aromatic heterocycles. The minimum atomic E-state index is -0.525. The largest absolute Gasteiger partial charge is 0.507 e. The van der Waals surface area contributed by atoms with Crippen molar-refractivity contribution >= 4 is 44.8 Å². The van der Waals surface area contributed by atoms with E-state index in [4.69, 9.17) is 16.8 Å². The lowest BCUT2D eigenvalue weighted by Gasteiger charge is -1.91. The Hall–Kier alpha value is -2.73. The van der Waals surface area contributed by atoms with Gasteiger partial charge in [-0.2, -0.15) is 0 Å². The first-order valence-corrected chi connectivity index (χ1v) is 8.11. The first-order valence-electron chi connectivity index (χ1n) is 11.4. The quantitative estimate of drug-likeness (QED) is 0.366. The lowest BCUT2D eigenvalue weighted by molar-refractivity contribution is -0.114. The van der Waals surface area contributed by atoms with E-state index in [1.165, 1.54) is 19.9 Å². The second kappa shape index (κ2) is 11.0. The molecule has 0 radical (unpaired) electrons. The van der Waals surface area contributed by atoms with Crippen LogP contribution in [0.5, 0.6) is 5.75 Å². The van der Waals surface area contributed by atoms with Crippen molar-refractivity contribution in [3.8, 4) is 5.75 Å². The van der Waals surface area contributed by atoms with Gasteiger partial charge in [0, 0.05) is 12.3 Å². The SMILES string of the molecule is CC(=O)CBr.[2H]Oc1c([2H])c([2H])c([2H])c([2H])c1C=O.[2H]c1c([2H])c([2H])c2oc(C(C)=O)cc2c1[2H]. The lowest BCUT2D eigenvalue weighted by Crippen LogP contribution is -1.85. The Labute approximate surface area is 172 Å². The number of aromatic hydroxyl groups is 1. The molecule has 0 fully saturated rings. The van der Waals surface area contributed by atoms with Gasteiger partial charge in [-0.15, -0.1) is 0 Å². The minimum absolute atomic E-state index is 0.0243. The van der Waals surface area contributed by atoms with E-state index < -0.39 is 29.9 Å². The number of furan rings is 1. The van der Waals surface area contributed by atoms with Gasteiger partial charge < -0.3 is 9.53 Å². The third-order valence-corrected chi connectivity index (χ3v) is 3.29. The van der Waals surface area contributed by atoms with Crippen molar-refractivity contribution in [3.63, 3.8) is 0 Å². The number of carbonyl (C=O) groups is 3. The van der Waals surface area contributed by atoms with E-state index in [9.17, 15) is 14.4 Å². The fourth-order valence-corrected chi connectivity index (χ4v) is 1.33. The molecule has 0 atom stereocenters. The molecule has 0 spiro atoms. The maximum atomic E-state index is 11.1. The first kappa shape index (κ1) is 11.1.